The molecule has 0 spiro atoms. The third-order valence-corrected chi connectivity index (χ3v) is 9.15. The van der Waals surface area contributed by atoms with Crippen molar-refractivity contribution in [2.75, 3.05) is 10.6 Å². The van der Waals surface area contributed by atoms with E-state index in [2.05, 4.69) is 53.4 Å². The quantitative estimate of drug-likeness (QED) is 0.127. The van der Waals surface area contributed by atoms with Crippen LogP contribution >= 0.6 is 22.6 Å². The number of carbonyl (C=O) groups excluding carboxylic acids is 2. The summed E-state index contributed by atoms with van der Waals surface area (Å²) in [6, 6.07) is 27.9. The predicted molar refractivity (Wildman–Crippen MR) is 208 cm³/mol. The molecule has 10 nitrogen and oxygen atoms in total. The van der Waals surface area contributed by atoms with Crippen molar-refractivity contribution in [2.45, 2.75) is 12.4 Å². The molecule has 4 aromatic heterocycles. The maximum atomic E-state index is 12.9. The van der Waals surface area contributed by atoms with Crippen LogP contribution in [0.5, 0.6) is 0 Å². The molecule has 8 aromatic rings. The van der Waals surface area contributed by atoms with E-state index in [1.54, 1.807) is 88.4 Å². The van der Waals surface area contributed by atoms with Gasteiger partial charge in [-0.25, -0.2) is 19.0 Å². The van der Waals surface area contributed by atoms with Crippen molar-refractivity contribution in [3.8, 4) is 22.5 Å². The Morgan fingerprint density at radius 2 is 1.07 bits per heavy atom. The van der Waals surface area contributed by atoms with E-state index in [-0.39, 0.29) is 11.1 Å². The van der Waals surface area contributed by atoms with Crippen molar-refractivity contribution < 1.29 is 35.9 Å². The number of amides is 2. The van der Waals surface area contributed by atoms with Gasteiger partial charge in [-0.3, -0.25) is 9.59 Å². The fourth-order valence-electron chi connectivity index (χ4n) is 5.73. The molecule has 0 radical (unpaired) electrons. The van der Waals surface area contributed by atoms with Crippen LogP contribution in [0.25, 0.3) is 33.8 Å². The molecular formula is C40H25F6IN8O2. The molecule has 0 aliphatic heterocycles. The van der Waals surface area contributed by atoms with Crippen molar-refractivity contribution in [3.63, 3.8) is 0 Å². The first-order chi connectivity index (χ1) is 27.2. The van der Waals surface area contributed by atoms with Crippen LogP contribution in [0, 0.1) is 3.57 Å². The average Bonchev–Trinajstić information content (AvgIpc) is 3.84. The predicted octanol–water partition coefficient (Wildman–Crippen LogP) is 9.94. The second kappa shape index (κ2) is 15.8. The van der Waals surface area contributed by atoms with Crippen molar-refractivity contribution in [3.05, 3.63) is 166 Å². The Morgan fingerprint density at radius 3 is 1.61 bits per heavy atom. The molecule has 0 bridgehead atoms. The molecule has 2 N–H and O–H groups in total. The Bertz CT molecular complexity index is 2760. The molecule has 4 aromatic carbocycles. The van der Waals surface area contributed by atoms with Crippen LogP contribution in [0.1, 0.15) is 31.8 Å². The standard InChI is InChI=1S/C20H12F3IN4O.C20H13F3N4O/c21-20(22,23)14-5-1-4-13(9-14)19(29)27-15-6-2-3-12(10-15)17-7-8-25-18-16(24)11-26-28(17)18;21-20(22,23)15-5-1-4-14(11-15)19(28)26-16-6-2-3-13(12-16)17-7-9-24-18-8-10-25-27(17)18/h1-11H,(H,27,29);1-12H,(H,26,28). The van der Waals surface area contributed by atoms with E-state index in [9.17, 15) is 35.9 Å². The largest absolute Gasteiger partial charge is 0.416 e. The number of benzene rings is 4. The maximum absolute atomic E-state index is 12.9. The number of hydrogen-bond acceptors (Lipinski definition) is 6. The van der Waals surface area contributed by atoms with Crippen molar-refractivity contribution in [1.29, 1.82) is 0 Å². The molecule has 0 aliphatic rings. The minimum absolute atomic E-state index is 0.0707. The minimum atomic E-state index is -4.51. The number of fused-ring (bicyclic) bond motifs is 2. The summed E-state index contributed by atoms with van der Waals surface area (Å²) in [5, 5.41) is 13.8. The van der Waals surface area contributed by atoms with E-state index in [1.165, 1.54) is 24.3 Å². The van der Waals surface area contributed by atoms with E-state index >= 15 is 0 Å². The molecule has 0 saturated heterocycles. The van der Waals surface area contributed by atoms with Gasteiger partial charge in [-0.15, -0.1) is 0 Å². The number of carbonyl (C=O) groups is 2. The van der Waals surface area contributed by atoms with Gasteiger partial charge in [0, 0.05) is 52.1 Å². The fraction of sp³-hybridized carbons (Fsp3) is 0.0500. The average molecular weight is 891 g/mol. The summed E-state index contributed by atoms with van der Waals surface area (Å²) in [4.78, 5) is 33.4. The van der Waals surface area contributed by atoms with Crippen LogP contribution in [-0.2, 0) is 12.4 Å². The van der Waals surface area contributed by atoms with E-state index in [4.69, 9.17) is 0 Å². The summed E-state index contributed by atoms with van der Waals surface area (Å²) in [7, 11) is 0. The Labute approximate surface area is 332 Å². The molecule has 0 saturated carbocycles. The van der Waals surface area contributed by atoms with Crippen LogP contribution < -0.4 is 10.6 Å². The number of nitrogens with zero attached hydrogens (tertiary/aromatic N) is 6. The summed E-state index contributed by atoms with van der Waals surface area (Å²) in [6.45, 7) is 0. The van der Waals surface area contributed by atoms with E-state index < -0.39 is 35.3 Å². The lowest BCUT2D eigenvalue weighted by molar-refractivity contribution is -0.138. The smallest absolute Gasteiger partial charge is 0.322 e. The Balaban J connectivity index is 0.000000174. The van der Waals surface area contributed by atoms with Crippen molar-refractivity contribution in [2.24, 2.45) is 0 Å². The van der Waals surface area contributed by atoms with Gasteiger partial charge in [0.2, 0.25) is 0 Å². The molecule has 57 heavy (non-hydrogen) atoms. The molecule has 0 aliphatic carbocycles. The van der Waals surface area contributed by atoms with Gasteiger partial charge < -0.3 is 10.6 Å². The second-order valence-corrected chi connectivity index (χ2v) is 13.4. The lowest BCUT2D eigenvalue weighted by Gasteiger charge is -2.11. The zero-order chi connectivity index (χ0) is 40.3. The first kappa shape index (κ1) is 38.6. The molecule has 0 unspecified atom stereocenters. The molecular weight excluding hydrogens is 865 g/mol. The molecule has 0 fully saturated rings. The molecule has 2 amide bonds. The second-order valence-electron chi connectivity index (χ2n) is 12.2. The molecule has 4 heterocycles. The third kappa shape index (κ3) is 8.77. The SMILES string of the molecule is O=C(Nc1cccc(-c2ccnc3c(I)cnn23)c1)c1cccc(C(F)(F)F)c1.O=C(Nc1cccc(-c2ccnc3ccnn23)c1)c1cccc(C(F)(F)F)c1. The highest BCUT2D eigenvalue weighted by atomic mass is 127. The topological polar surface area (TPSA) is 119 Å². The van der Waals surface area contributed by atoms with Crippen LogP contribution in [0.2, 0.25) is 0 Å². The minimum Gasteiger partial charge on any atom is -0.322 e. The monoisotopic (exact) mass is 890 g/mol. The van der Waals surface area contributed by atoms with Gasteiger partial charge in [0.05, 0.1) is 38.5 Å². The fourth-order valence-corrected chi connectivity index (χ4v) is 6.22. The zero-order valence-corrected chi connectivity index (χ0v) is 31.1. The first-order valence-corrected chi connectivity index (χ1v) is 17.8. The summed E-state index contributed by atoms with van der Waals surface area (Å²) in [5.74, 6) is -1.25. The van der Waals surface area contributed by atoms with Crippen LogP contribution in [0.3, 0.4) is 0 Å². The normalized spacial score (nSPS) is 11.6. The van der Waals surface area contributed by atoms with E-state index in [1.807, 2.05) is 12.1 Å². The van der Waals surface area contributed by atoms with Gasteiger partial charge in [-0.1, -0.05) is 36.4 Å². The Morgan fingerprint density at radius 1 is 0.561 bits per heavy atom. The molecule has 17 heteroatoms. The lowest BCUT2D eigenvalue weighted by Crippen LogP contribution is -2.14. The van der Waals surface area contributed by atoms with Crippen molar-refractivity contribution in [1.82, 2.24) is 29.2 Å². The van der Waals surface area contributed by atoms with Gasteiger partial charge in [0.15, 0.2) is 11.3 Å². The van der Waals surface area contributed by atoms with Gasteiger partial charge in [0.25, 0.3) is 11.8 Å². The zero-order valence-electron chi connectivity index (χ0n) is 28.9. The highest BCUT2D eigenvalue weighted by Crippen LogP contribution is 2.31. The third-order valence-electron chi connectivity index (χ3n) is 8.38. The molecule has 286 valence electrons. The van der Waals surface area contributed by atoms with Gasteiger partial charge in [0.1, 0.15) is 0 Å². The Hall–Kier alpha value is -6.63. The number of rotatable bonds is 6. The van der Waals surface area contributed by atoms with E-state index in [0.717, 1.165) is 50.4 Å². The van der Waals surface area contributed by atoms with Crippen LogP contribution in [0.4, 0.5) is 37.7 Å². The summed E-state index contributed by atoms with van der Waals surface area (Å²) < 4.78 is 81.5. The highest BCUT2D eigenvalue weighted by molar-refractivity contribution is 14.1. The van der Waals surface area contributed by atoms with Gasteiger partial charge in [-0.2, -0.15) is 36.5 Å². The number of aromatic nitrogens is 6. The molecule has 8 rings (SSSR count). The number of halogens is 7. The number of alkyl halides is 6. The van der Waals surface area contributed by atoms with Crippen LogP contribution in [-0.4, -0.2) is 41.0 Å². The maximum Gasteiger partial charge on any atom is 0.416 e. The summed E-state index contributed by atoms with van der Waals surface area (Å²) in [6.07, 6.45) is -2.36. The van der Waals surface area contributed by atoms with E-state index in [0.29, 0.717) is 22.7 Å². The van der Waals surface area contributed by atoms with Crippen LogP contribution in [0.15, 0.2) is 140 Å². The summed E-state index contributed by atoms with van der Waals surface area (Å²) >= 11 is 2.14. The lowest BCUT2D eigenvalue weighted by atomic mass is 10.1. The number of anilines is 2. The van der Waals surface area contributed by atoms with Crippen molar-refractivity contribution >= 4 is 57.1 Å². The Kier molecular flexibility index (Phi) is 10.7. The molecule has 0 atom stereocenters. The van der Waals surface area contributed by atoms with Gasteiger partial charge >= 0.3 is 12.4 Å². The number of hydrogen-bond donors (Lipinski definition) is 2. The number of nitrogens with one attached hydrogen (secondary N) is 2. The summed E-state index contributed by atoms with van der Waals surface area (Å²) in [5.41, 5.74) is 3.51. The van der Waals surface area contributed by atoms with Gasteiger partial charge in [-0.05, 0) is 95.4 Å². The first-order valence-electron chi connectivity index (χ1n) is 16.7. The highest BCUT2D eigenvalue weighted by Gasteiger charge is 2.32.